The number of hydrogen-bond donors (Lipinski definition) is 0. The number of carbonyl (C=O) groups excluding carboxylic acids is 1. The van der Waals surface area contributed by atoms with Crippen LogP contribution in [0.5, 0.6) is 0 Å². The fourth-order valence-electron chi connectivity index (χ4n) is 3.27. The van der Waals surface area contributed by atoms with Crippen molar-refractivity contribution >= 4 is 27.3 Å². The number of piperidine rings is 1. The molecule has 1 fully saturated rings. The van der Waals surface area contributed by atoms with Gasteiger partial charge in [0.2, 0.25) is 10.0 Å². The second kappa shape index (κ2) is 8.48. The van der Waals surface area contributed by atoms with E-state index in [9.17, 15) is 13.2 Å². The Hall–Kier alpha value is -2.49. The molecule has 0 saturated carbocycles. The minimum absolute atomic E-state index is 0.0448. The summed E-state index contributed by atoms with van der Waals surface area (Å²) in [5.74, 6) is -0.619. The summed E-state index contributed by atoms with van der Waals surface area (Å²) in [6, 6.07) is 10.8. The van der Waals surface area contributed by atoms with Gasteiger partial charge in [0.05, 0.1) is 5.69 Å². The number of benzene rings is 1. The van der Waals surface area contributed by atoms with Gasteiger partial charge >= 0.3 is 5.97 Å². The largest absolute Gasteiger partial charge is 0.457 e. The molecule has 0 atom stereocenters. The van der Waals surface area contributed by atoms with Crippen LogP contribution in [0.25, 0.3) is 5.69 Å². The number of esters is 1. The first kappa shape index (κ1) is 19.8. The molecule has 2 aromatic heterocycles. The minimum Gasteiger partial charge on any atom is -0.457 e. The SMILES string of the molecule is O=C(OCc1ccc(-n2cccn2)cc1)c1sccc1S(=O)(=O)N1CCCCC1. The highest BCUT2D eigenvalue weighted by Crippen LogP contribution is 2.28. The molecule has 0 amide bonds. The Kier molecular flexibility index (Phi) is 5.79. The summed E-state index contributed by atoms with van der Waals surface area (Å²) in [5, 5.41) is 5.78. The van der Waals surface area contributed by atoms with Gasteiger partial charge in [-0.15, -0.1) is 11.3 Å². The molecule has 0 spiro atoms. The predicted octanol–water partition coefficient (Wildman–Crippen LogP) is 3.47. The Balaban J connectivity index is 1.44. The standard InChI is InChI=1S/C20H21N3O4S2/c24-20(27-15-16-5-7-17(8-6-16)23-13-4-10-21-23)19-18(9-14-28-19)29(25,26)22-11-2-1-3-12-22/h4-10,13-14H,1-3,11-12,15H2. The molecule has 3 heterocycles. The zero-order valence-corrected chi connectivity index (χ0v) is 17.4. The van der Waals surface area contributed by atoms with Crippen LogP contribution in [0.4, 0.5) is 0 Å². The van der Waals surface area contributed by atoms with Crippen molar-refractivity contribution in [1.82, 2.24) is 14.1 Å². The number of carbonyl (C=O) groups is 1. The van der Waals surface area contributed by atoms with Crippen LogP contribution in [0.15, 0.2) is 59.1 Å². The van der Waals surface area contributed by atoms with E-state index >= 15 is 0 Å². The molecule has 0 bridgehead atoms. The van der Waals surface area contributed by atoms with Gasteiger partial charge in [0.25, 0.3) is 0 Å². The molecule has 0 aliphatic carbocycles. The number of thiophene rings is 1. The zero-order chi connectivity index (χ0) is 20.3. The second-order valence-corrected chi connectivity index (χ2v) is 9.59. The van der Waals surface area contributed by atoms with Gasteiger partial charge in [-0.2, -0.15) is 9.40 Å². The van der Waals surface area contributed by atoms with E-state index < -0.39 is 16.0 Å². The van der Waals surface area contributed by atoms with Crippen LogP contribution in [0, 0.1) is 0 Å². The highest BCUT2D eigenvalue weighted by Gasteiger charge is 2.31. The molecular formula is C20H21N3O4S2. The molecule has 4 rings (SSSR count). The average Bonchev–Trinajstić information content (AvgIpc) is 3.45. The van der Waals surface area contributed by atoms with E-state index in [2.05, 4.69) is 5.10 Å². The normalized spacial score (nSPS) is 15.3. The van der Waals surface area contributed by atoms with Crippen LogP contribution in [0.3, 0.4) is 0 Å². The van der Waals surface area contributed by atoms with Crippen LogP contribution in [0.1, 0.15) is 34.5 Å². The lowest BCUT2D eigenvalue weighted by molar-refractivity contribution is 0.0474. The lowest BCUT2D eigenvalue weighted by atomic mass is 10.2. The van der Waals surface area contributed by atoms with Crippen molar-refractivity contribution in [3.63, 3.8) is 0 Å². The Labute approximate surface area is 173 Å². The van der Waals surface area contributed by atoms with Gasteiger partial charge < -0.3 is 4.74 Å². The molecule has 9 heteroatoms. The van der Waals surface area contributed by atoms with Crippen molar-refractivity contribution in [2.75, 3.05) is 13.1 Å². The Bertz CT molecular complexity index is 1070. The molecule has 1 saturated heterocycles. The maximum Gasteiger partial charge on any atom is 0.350 e. The summed E-state index contributed by atoms with van der Waals surface area (Å²) in [6.07, 6.45) is 6.27. The van der Waals surface area contributed by atoms with Crippen LogP contribution < -0.4 is 0 Å². The predicted molar refractivity (Wildman–Crippen MR) is 110 cm³/mol. The van der Waals surface area contributed by atoms with E-state index in [1.54, 1.807) is 16.3 Å². The van der Waals surface area contributed by atoms with E-state index in [0.717, 1.165) is 41.9 Å². The van der Waals surface area contributed by atoms with E-state index in [0.29, 0.717) is 13.1 Å². The third-order valence-electron chi connectivity index (χ3n) is 4.82. The zero-order valence-electron chi connectivity index (χ0n) is 15.7. The number of nitrogens with zero attached hydrogens (tertiary/aromatic N) is 3. The van der Waals surface area contributed by atoms with Crippen molar-refractivity contribution < 1.29 is 17.9 Å². The molecule has 7 nitrogen and oxygen atoms in total. The topological polar surface area (TPSA) is 81.5 Å². The molecule has 0 radical (unpaired) electrons. The van der Waals surface area contributed by atoms with E-state index in [4.69, 9.17) is 4.74 Å². The number of ether oxygens (including phenoxy) is 1. The van der Waals surface area contributed by atoms with E-state index in [1.165, 1.54) is 10.4 Å². The van der Waals surface area contributed by atoms with Gasteiger partial charge in [-0.1, -0.05) is 18.6 Å². The van der Waals surface area contributed by atoms with Gasteiger partial charge in [-0.05, 0) is 48.1 Å². The Morgan fingerprint density at radius 3 is 2.55 bits per heavy atom. The van der Waals surface area contributed by atoms with E-state index in [-0.39, 0.29) is 16.4 Å². The Morgan fingerprint density at radius 2 is 1.86 bits per heavy atom. The molecule has 1 aromatic carbocycles. The molecule has 0 N–H and O–H groups in total. The Morgan fingerprint density at radius 1 is 1.10 bits per heavy atom. The molecule has 1 aliphatic heterocycles. The van der Waals surface area contributed by atoms with Crippen molar-refractivity contribution in [2.45, 2.75) is 30.8 Å². The molecular weight excluding hydrogens is 410 g/mol. The quantitative estimate of drug-likeness (QED) is 0.558. The average molecular weight is 432 g/mol. The van der Waals surface area contributed by atoms with Crippen molar-refractivity contribution in [3.8, 4) is 5.69 Å². The number of aromatic nitrogens is 2. The number of rotatable bonds is 6. The van der Waals surface area contributed by atoms with Crippen LogP contribution >= 0.6 is 11.3 Å². The molecule has 1 aliphatic rings. The maximum atomic E-state index is 12.9. The third-order valence-corrected chi connectivity index (χ3v) is 7.79. The van der Waals surface area contributed by atoms with Crippen LogP contribution in [-0.4, -0.2) is 41.6 Å². The van der Waals surface area contributed by atoms with Crippen LogP contribution in [-0.2, 0) is 21.4 Å². The molecule has 29 heavy (non-hydrogen) atoms. The number of hydrogen-bond acceptors (Lipinski definition) is 6. The summed E-state index contributed by atoms with van der Waals surface area (Å²) < 4.78 is 34.4. The first-order valence-corrected chi connectivity index (χ1v) is 11.7. The summed E-state index contributed by atoms with van der Waals surface area (Å²) in [4.78, 5) is 12.7. The van der Waals surface area contributed by atoms with Gasteiger partial charge in [0, 0.05) is 25.5 Å². The summed E-state index contributed by atoms with van der Waals surface area (Å²) >= 11 is 1.09. The van der Waals surface area contributed by atoms with Gasteiger partial charge in [-0.25, -0.2) is 17.9 Å². The highest BCUT2D eigenvalue weighted by atomic mass is 32.2. The van der Waals surface area contributed by atoms with Gasteiger partial charge in [0.1, 0.15) is 16.4 Å². The fraction of sp³-hybridized carbons (Fsp3) is 0.300. The monoisotopic (exact) mass is 431 g/mol. The molecule has 152 valence electrons. The van der Waals surface area contributed by atoms with Gasteiger partial charge in [0.15, 0.2) is 0 Å². The maximum absolute atomic E-state index is 12.9. The fourth-order valence-corrected chi connectivity index (χ4v) is 6.08. The summed E-state index contributed by atoms with van der Waals surface area (Å²) in [7, 11) is -3.67. The molecule has 0 unspecified atom stereocenters. The lowest BCUT2D eigenvalue weighted by Crippen LogP contribution is -2.36. The van der Waals surface area contributed by atoms with Crippen molar-refractivity contribution in [3.05, 3.63) is 64.6 Å². The second-order valence-electron chi connectivity index (χ2n) is 6.77. The van der Waals surface area contributed by atoms with E-state index in [1.807, 2.05) is 36.5 Å². The van der Waals surface area contributed by atoms with Crippen molar-refractivity contribution in [1.29, 1.82) is 0 Å². The van der Waals surface area contributed by atoms with Crippen molar-refractivity contribution in [2.24, 2.45) is 0 Å². The van der Waals surface area contributed by atoms with Gasteiger partial charge in [-0.3, -0.25) is 0 Å². The summed E-state index contributed by atoms with van der Waals surface area (Å²) in [5.41, 5.74) is 1.71. The first-order valence-electron chi connectivity index (χ1n) is 9.39. The lowest BCUT2D eigenvalue weighted by Gasteiger charge is -2.25. The minimum atomic E-state index is -3.67. The highest BCUT2D eigenvalue weighted by molar-refractivity contribution is 7.89. The first-order chi connectivity index (χ1) is 14.1. The smallest absolute Gasteiger partial charge is 0.350 e. The number of sulfonamides is 1. The van der Waals surface area contributed by atoms with Crippen LogP contribution in [0.2, 0.25) is 0 Å². The summed E-state index contributed by atoms with van der Waals surface area (Å²) in [6.45, 7) is 1.06. The molecule has 3 aromatic rings. The third kappa shape index (κ3) is 4.26.